The minimum absolute atomic E-state index is 0.0780. The summed E-state index contributed by atoms with van der Waals surface area (Å²) >= 11 is 0. The van der Waals surface area contributed by atoms with Gasteiger partial charge in [0.15, 0.2) is 0 Å². The van der Waals surface area contributed by atoms with E-state index in [1.165, 1.54) is 0 Å². The summed E-state index contributed by atoms with van der Waals surface area (Å²) in [7, 11) is 0. The van der Waals surface area contributed by atoms with Crippen LogP contribution in [0.3, 0.4) is 0 Å². The van der Waals surface area contributed by atoms with Gasteiger partial charge >= 0.3 is 0 Å². The lowest BCUT2D eigenvalue weighted by Crippen LogP contribution is -2.31. The van der Waals surface area contributed by atoms with Crippen molar-refractivity contribution in [3.8, 4) is 0 Å². The van der Waals surface area contributed by atoms with Gasteiger partial charge in [-0.25, -0.2) is 0 Å². The molecule has 3 heteroatoms. The smallest absolute Gasteiger partial charge is 0.131 e. The average Bonchev–Trinajstić information content (AvgIpc) is 3.02. The Morgan fingerprint density at radius 2 is 1.33 bits per heavy atom. The van der Waals surface area contributed by atoms with Crippen LogP contribution in [0, 0.1) is 0 Å². The lowest BCUT2D eigenvalue weighted by Gasteiger charge is -2.22. The summed E-state index contributed by atoms with van der Waals surface area (Å²) in [4.78, 5) is 0. The Kier molecular flexibility index (Phi) is 2.25. The predicted molar refractivity (Wildman–Crippen MR) is 55.1 cm³/mol. The summed E-state index contributed by atoms with van der Waals surface area (Å²) in [5.74, 6) is 0. The normalized spacial score (nSPS) is 42.1. The van der Waals surface area contributed by atoms with Crippen LogP contribution in [0.4, 0.5) is 0 Å². The van der Waals surface area contributed by atoms with Gasteiger partial charge in [0.1, 0.15) is 24.4 Å². The summed E-state index contributed by atoms with van der Waals surface area (Å²) in [6.07, 6.45) is 14.1. The van der Waals surface area contributed by atoms with E-state index in [2.05, 4.69) is 12.2 Å². The summed E-state index contributed by atoms with van der Waals surface area (Å²) in [6.45, 7) is 0. The first kappa shape index (κ1) is 9.04. The van der Waals surface area contributed by atoms with E-state index in [0.29, 0.717) is 0 Å². The van der Waals surface area contributed by atoms with Crippen LogP contribution in [-0.4, -0.2) is 24.4 Å². The summed E-state index contributed by atoms with van der Waals surface area (Å²) in [5.41, 5.74) is 0. The van der Waals surface area contributed by atoms with Crippen molar-refractivity contribution in [1.82, 2.24) is 0 Å². The maximum absolute atomic E-state index is 5.89. The Bertz CT molecular complexity index is 273. The van der Waals surface area contributed by atoms with Gasteiger partial charge in [0.05, 0.1) is 12.5 Å². The standard InChI is InChI=1S/C12H14O3/c1-3-9(13-7-1)11-5-6-12(15-11)10-4-2-8-14-10/h1-2,5-12H,3-4H2/t9-,10-,11+,12+/m0/s1. The Balaban J connectivity index is 1.57. The molecule has 3 aliphatic heterocycles. The largest absolute Gasteiger partial charge is 0.495 e. The number of hydrogen-bond acceptors (Lipinski definition) is 3. The van der Waals surface area contributed by atoms with Crippen LogP contribution in [0.5, 0.6) is 0 Å². The minimum Gasteiger partial charge on any atom is -0.495 e. The molecule has 3 rings (SSSR count). The quantitative estimate of drug-likeness (QED) is 0.646. The number of hydrogen-bond donors (Lipinski definition) is 0. The lowest BCUT2D eigenvalue weighted by atomic mass is 10.1. The molecule has 0 aromatic heterocycles. The van der Waals surface area contributed by atoms with Crippen molar-refractivity contribution in [1.29, 1.82) is 0 Å². The van der Waals surface area contributed by atoms with E-state index in [1.807, 2.05) is 12.2 Å². The molecule has 0 fully saturated rings. The van der Waals surface area contributed by atoms with Crippen molar-refractivity contribution in [2.45, 2.75) is 37.3 Å². The second-order valence-corrected chi connectivity index (χ2v) is 4.01. The fourth-order valence-corrected chi connectivity index (χ4v) is 2.14. The first-order valence-corrected chi connectivity index (χ1v) is 5.38. The average molecular weight is 206 g/mol. The molecule has 0 aliphatic carbocycles. The third-order valence-electron chi connectivity index (χ3n) is 2.97. The zero-order chi connectivity index (χ0) is 10.1. The maximum Gasteiger partial charge on any atom is 0.131 e. The highest BCUT2D eigenvalue weighted by Gasteiger charge is 2.33. The van der Waals surface area contributed by atoms with Gasteiger partial charge in [0.2, 0.25) is 0 Å². The third kappa shape index (κ3) is 1.67. The van der Waals surface area contributed by atoms with Crippen LogP contribution in [0.2, 0.25) is 0 Å². The highest BCUT2D eigenvalue weighted by Crippen LogP contribution is 2.27. The van der Waals surface area contributed by atoms with E-state index >= 15 is 0 Å². The SMILES string of the molecule is C1=CO[C@H]([C@H]2C=C[C@H]([C@@H]3CC=CO3)O2)C1. The molecule has 0 spiro atoms. The number of rotatable bonds is 2. The fraction of sp³-hybridized carbons (Fsp3) is 0.500. The van der Waals surface area contributed by atoms with Crippen LogP contribution < -0.4 is 0 Å². The molecule has 4 atom stereocenters. The van der Waals surface area contributed by atoms with Gasteiger partial charge in [-0.15, -0.1) is 0 Å². The molecule has 0 saturated heterocycles. The van der Waals surface area contributed by atoms with Crippen LogP contribution >= 0.6 is 0 Å². The van der Waals surface area contributed by atoms with E-state index in [4.69, 9.17) is 14.2 Å². The molecule has 0 aromatic carbocycles. The van der Waals surface area contributed by atoms with E-state index < -0.39 is 0 Å². The predicted octanol–water partition coefficient (Wildman–Crippen LogP) is 1.92. The molecule has 80 valence electrons. The molecule has 3 nitrogen and oxygen atoms in total. The molecular weight excluding hydrogens is 192 g/mol. The Hall–Kier alpha value is -1.22. The monoisotopic (exact) mass is 206 g/mol. The Morgan fingerprint density at radius 3 is 1.73 bits per heavy atom. The Labute approximate surface area is 89.0 Å². The van der Waals surface area contributed by atoms with Gasteiger partial charge in [0, 0.05) is 12.8 Å². The summed E-state index contributed by atoms with van der Waals surface area (Å²) in [5, 5.41) is 0. The van der Waals surface area contributed by atoms with Crippen LogP contribution in [0.1, 0.15) is 12.8 Å². The highest BCUT2D eigenvalue weighted by atomic mass is 16.6. The van der Waals surface area contributed by atoms with Crippen molar-refractivity contribution in [3.63, 3.8) is 0 Å². The van der Waals surface area contributed by atoms with E-state index in [-0.39, 0.29) is 24.4 Å². The van der Waals surface area contributed by atoms with Crippen molar-refractivity contribution in [2.75, 3.05) is 0 Å². The molecule has 0 unspecified atom stereocenters. The molecule has 0 bridgehead atoms. The van der Waals surface area contributed by atoms with Crippen molar-refractivity contribution in [2.24, 2.45) is 0 Å². The minimum atomic E-state index is 0.0780. The summed E-state index contributed by atoms with van der Waals surface area (Å²) < 4.78 is 16.8. The van der Waals surface area contributed by atoms with Crippen LogP contribution in [-0.2, 0) is 14.2 Å². The molecule has 3 heterocycles. The first-order valence-electron chi connectivity index (χ1n) is 5.38. The third-order valence-corrected chi connectivity index (χ3v) is 2.97. The number of ether oxygens (including phenoxy) is 3. The molecule has 3 aliphatic rings. The van der Waals surface area contributed by atoms with Gasteiger partial charge in [-0.05, 0) is 12.2 Å². The van der Waals surface area contributed by atoms with Gasteiger partial charge in [-0.1, -0.05) is 12.2 Å². The summed E-state index contributed by atoms with van der Waals surface area (Å²) in [6, 6.07) is 0. The second kappa shape index (κ2) is 3.74. The maximum atomic E-state index is 5.89. The first-order chi connectivity index (χ1) is 7.43. The second-order valence-electron chi connectivity index (χ2n) is 4.01. The topological polar surface area (TPSA) is 27.7 Å². The van der Waals surface area contributed by atoms with Crippen LogP contribution in [0.15, 0.2) is 36.8 Å². The zero-order valence-electron chi connectivity index (χ0n) is 8.41. The Morgan fingerprint density at radius 1 is 0.800 bits per heavy atom. The van der Waals surface area contributed by atoms with Gasteiger partial charge in [-0.2, -0.15) is 0 Å². The van der Waals surface area contributed by atoms with Gasteiger partial charge in [-0.3, -0.25) is 0 Å². The highest BCUT2D eigenvalue weighted by molar-refractivity contribution is 5.11. The molecule has 0 N–H and O–H groups in total. The van der Waals surface area contributed by atoms with Crippen molar-refractivity contribution in [3.05, 3.63) is 36.8 Å². The molecule has 0 aromatic rings. The lowest BCUT2D eigenvalue weighted by molar-refractivity contribution is -0.0587. The van der Waals surface area contributed by atoms with Crippen LogP contribution in [0.25, 0.3) is 0 Å². The van der Waals surface area contributed by atoms with Crippen molar-refractivity contribution >= 4 is 0 Å². The molecule has 0 amide bonds. The fourth-order valence-electron chi connectivity index (χ4n) is 2.14. The molecule has 0 radical (unpaired) electrons. The van der Waals surface area contributed by atoms with E-state index in [0.717, 1.165) is 12.8 Å². The van der Waals surface area contributed by atoms with E-state index in [1.54, 1.807) is 12.5 Å². The van der Waals surface area contributed by atoms with E-state index in [9.17, 15) is 0 Å². The molecule has 0 saturated carbocycles. The molecular formula is C12H14O3. The molecule has 15 heavy (non-hydrogen) atoms. The zero-order valence-corrected chi connectivity index (χ0v) is 8.41. The van der Waals surface area contributed by atoms with Gasteiger partial charge in [0.25, 0.3) is 0 Å². The van der Waals surface area contributed by atoms with Crippen molar-refractivity contribution < 1.29 is 14.2 Å². The van der Waals surface area contributed by atoms with Gasteiger partial charge < -0.3 is 14.2 Å².